The summed E-state index contributed by atoms with van der Waals surface area (Å²) in [5, 5.41) is 3.12. The van der Waals surface area contributed by atoms with Gasteiger partial charge in [0.05, 0.1) is 0 Å². The number of hydrogen-bond donors (Lipinski definition) is 1. The van der Waals surface area contributed by atoms with Gasteiger partial charge in [0.2, 0.25) is 0 Å². The smallest absolute Gasteiger partial charge is 0.0266 e. The summed E-state index contributed by atoms with van der Waals surface area (Å²) in [6, 6.07) is 8.21. The number of aliphatic imine (C=N–C) groups is 1. The molecule has 68 valence electrons. The van der Waals surface area contributed by atoms with E-state index in [4.69, 9.17) is 0 Å². The van der Waals surface area contributed by atoms with Crippen molar-refractivity contribution in [3.8, 4) is 0 Å². The van der Waals surface area contributed by atoms with Crippen molar-refractivity contribution in [2.45, 2.75) is 6.54 Å². The molecule has 0 saturated carbocycles. The lowest BCUT2D eigenvalue weighted by Gasteiger charge is -2.03. The third-order valence-electron chi connectivity index (χ3n) is 1.78. The average Bonchev–Trinajstić information content (AvgIpc) is 2.17. The van der Waals surface area contributed by atoms with Crippen LogP contribution in [0.25, 0.3) is 6.08 Å². The molecule has 0 amide bonds. The molecular weight excluding hydrogens is 160 g/mol. The molecule has 0 aliphatic carbocycles. The Hall–Kier alpha value is -1.41. The molecule has 0 bridgehead atoms. The van der Waals surface area contributed by atoms with Crippen LogP contribution in [0.3, 0.4) is 0 Å². The van der Waals surface area contributed by atoms with Crippen molar-refractivity contribution in [1.82, 2.24) is 5.32 Å². The minimum atomic E-state index is 0.873. The van der Waals surface area contributed by atoms with Gasteiger partial charge in [0.15, 0.2) is 0 Å². The molecule has 0 heterocycles. The second-order valence-corrected chi connectivity index (χ2v) is 2.73. The van der Waals surface area contributed by atoms with Gasteiger partial charge >= 0.3 is 0 Å². The molecule has 0 unspecified atom stereocenters. The van der Waals surface area contributed by atoms with Crippen molar-refractivity contribution in [2.75, 3.05) is 7.05 Å². The second-order valence-electron chi connectivity index (χ2n) is 2.73. The van der Waals surface area contributed by atoms with Crippen LogP contribution in [-0.4, -0.2) is 13.8 Å². The molecule has 2 heteroatoms. The number of nitrogens with zero attached hydrogens (tertiary/aromatic N) is 1. The van der Waals surface area contributed by atoms with E-state index in [0.717, 1.165) is 6.54 Å². The maximum absolute atomic E-state index is 3.68. The largest absolute Gasteiger partial charge is 0.316 e. The summed E-state index contributed by atoms with van der Waals surface area (Å²) in [6.07, 6.45) is 3.66. The van der Waals surface area contributed by atoms with Gasteiger partial charge in [-0.15, -0.1) is 0 Å². The van der Waals surface area contributed by atoms with E-state index < -0.39 is 0 Å². The Balaban J connectivity index is 2.90. The molecule has 0 saturated heterocycles. The monoisotopic (exact) mass is 174 g/mol. The molecule has 1 aromatic rings. The van der Waals surface area contributed by atoms with Crippen molar-refractivity contribution in [3.05, 3.63) is 41.6 Å². The summed E-state index contributed by atoms with van der Waals surface area (Å²) in [5.74, 6) is 0. The summed E-state index contributed by atoms with van der Waals surface area (Å²) in [6.45, 7) is 4.27. The highest BCUT2D eigenvalue weighted by Gasteiger charge is 1.95. The molecule has 0 aliphatic heterocycles. The normalized spacial score (nSPS) is 10.5. The maximum atomic E-state index is 3.68. The van der Waals surface area contributed by atoms with E-state index in [1.165, 1.54) is 11.1 Å². The van der Waals surface area contributed by atoms with Gasteiger partial charge in [-0.2, -0.15) is 0 Å². The zero-order valence-electron chi connectivity index (χ0n) is 7.83. The second kappa shape index (κ2) is 5.27. The Bertz CT molecular complexity index is 303. The Kier molecular flexibility index (Phi) is 3.93. The number of rotatable bonds is 4. The third-order valence-corrected chi connectivity index (χ3v) is 1.78. The molecule has 0 radical (unpaired) electrons. The minimum absolute atomic E-state index is 0.873. The van der Waals surface area contributed by atoms with Crippen LogP contribution < -0.4 is 5.32 Å². The van der Waals surface area contributed by atoms with Gasteiger partial charge in [-0.25, -0.2) is 0 Å². The van der Waals surface area contributed by atoms with E-state index in [-0.39, 0.29) is 0 Å². The van der Waals surface area contributed by atoms with Crippen LogP contribution in [0, 0.1) is 0 Å². The van der Waals surface area contributed by atoms with Gasteiger partial charge in [-0.05, 0) is 31.0 Å². The lowest BCUT2D eigenvalue weighted by Crippen LogP contribution is -2.06. The van der Waals surface area contributed by atoms with Crippen LogP contribution in [0.5, 0.6) is 0 Å². The SMILES string of the molecule is C=N/C=C\c1ccccc1CNC. The average molecular weight is 174 g/mol. The molecule has 0 aromatic heterocycles. The van der Waals surface area contributed by atoms with Crippen molar-refractivity contribution in [3.63, 3.8) is 0 Å². The Labute approximate surface area is 79.0 Å². The summed E-state index contributed by atoms with van der Waals surface area (Å²) in [5.41, 5.74) is 2.45. The lowest BCUT2D eigenvalue weighted by molar-refractivity contribution is 0.816. The van der Waals surface area contributed by atoms with Gasteiger partial charge in [-0.1, -0.05) is 24.3 Å². The summed E-state index contributed by atoms with van der Waals surface area (Å²) in [7, 11) is 1.94. The van der Waals surface area contributed by atoms with Crippen molar-refractivity contribution >= 4 is 12.8 Å². The van der Waals surface area contributed by atoms with Crippen LogP contribution in [-0.2, 0) is 6.54 Å². The summed E-state index contributed by atoms with van der Waals surface area (Å²) < 4.78 is 0. The predicted molar refractivity (Wildman–Crippen MR) is 57.8 cm³/mol. The molecule has 13 heavy (non-hydrogen) atoms. The number of hydrogen-bond acceptors (Lipinski definition) is 2. The molecule has 0 spiro atoms. The van der Waals surface area contributed by atoms with E-state index in [1.807, 2.05) is 25.3 Å². The first-order chi connectivity index (χ1) is 6.38. The molecule has 0 aliphatic rings. The van der Waals surface area contributed by atoms with Crippen LogP contribution in [0.2, 0.25) is 0 Å². The topological polar surface area (TPSA) is 24.4 Å². The fourth-order valence-electron chi connectivity index (χ4n) is 1.18. The van der Waals surface area contributed by atoms with E-state index >= 15 is 0 Å². The van der Waals surface area contributed by atoms with Gasteiger partial charge in [-0.3, -0.25) is 4.99 Å². The Morgan fingerprint density at radius 1 is 1.46 bits per heavy atom. The fraction of sp³-hybridized carbons (Fsp3) is 0.182. The zero-order valence-corrected chi connectivity index (χ0v) is 7.83. The molecule has 0 atom stereocenters. The lowest BCUT2D eigenvalue weighted by atomic mass is 10.1. The standard InChI is InChI=1S/C11H14N2/c1-12-8-7-10-5-3-4-6-11(10)9-13-2/h3-8,13H,1,9H2,2H3/b8-7-. The van der Waals surface area contributed by atoms with Crippen LogP contribution in [0.4, 0.5) is 0 Å². The highest BCUT2D eigenvalue weighted by Crippen LogP contribution is 2.10. The van der Waals surface area contributed by atoms with E-state index in [9.17, 15) is 0 Å². The van der Waals surface area contributed by atoms with Crippen LogP contribution >= 0.6 is 0 Å². The van der Waals surface area contributed by atoms with Gasteiger partial charge in [0.1, 0.15) is 0 Å². The van der Waals surface area contributed by atoms with Crippen LogP contribution in [0.1, 0.15) is 11.1 Å². The number of benzene rings is 1. The van der Waals surface area contributed by atoms with Crippen LogP contribution in [0.15, 0.2) is 35.5 Å². The molecule has 1 aromatic carbocycles. The quantitative estimate of drug-likeness (QED) is 0.694. The van der Waals surface area contributed by atoms with E-state index in [2.05, 4.69) is 29.2 Å². The molecule has 0 fully saturated rings. The molecular formula is C11H14N2. The van der Waals surface area contributed by atoms with Gasteiger partial charge in [0, 0.05) is 12.7 Å². The number of nitrogens with one attached hydrogen (secondary N) is 1. The first-order valence-electron chi connectivity index (χ1n) is 4.23. The summed E-state index contributed by atoms with van der Waals surface area (Å²) in [4.78, 5) is 3.68. The third kappa shape index (κ3) is 2.84. The Morgan fingerprint density at radius 3 is 2.92 bits per heavy atom. The van der Waals surface area contributed by atoms with E-state index in [1.54, 1.807) is 6.20 Å². The zero-order chi connectivity index (χ0) is 9.52. The molecule has 2 nitrogen and oxygen atoms in total. The van der Waals surface area contributed by atoms with Gasteiger partial charge in [0.25, 0.3) is 0 Å². The Morgan fingerprint density at radius 2 is 2.23 bits per heavy atom. The first kappa shape index (κ1) is 9.68. The highest BCUT2D eigenvalue weighted by molar-refractivity contribution is 5.54. The summed E-state index contributed by atoms with van der Waals surface area (Å²) >= 11 is 0. The van der Waals surface area contributed by atoms with Crippen molar-refractivity contribution < 1.29 is 0 Å². The minimum Gasteiger partial charge on any atom is -0.316 e. The van der Waals surface area contributed by atoms with E-state index in [0.29, 0.717) is 0 Å². The maximum Gasteiger partial charge on any atom is 0.0266 e. The fourth-order valence-corrected chi connectivity index (χ4v) is 1.18. The molecule has 1 rings (SSSR count). The predicted octanol–water partition coefficient (Wildman–Crippen LogP) is 2.08. The van der Waals surface area contributed by atoms with Gasteiger partial charge < -0.3 is 5.32 Å². The van der Waals surface area contributed by atoms with Crippen molar-refractivity contribution in [1.29, 1.82) is 0 Å². The highest BCUT2D eigenvalue weighted by atomic mass is 14.8. The molecule has 1 N–H and O–H groups in total. The van der Waals surface area contributed by atoms with Crippen molar-refractivity contribution in [2.24, 2.45) is 4.99 Å². The first-order valence-corrected chi connectivity index (χ1v) is 4.23.